The molecule has 0 atom stereocenters. The fraction of sp³-hybridized carbons (Fsp3) is 0.158. The molecule has 0 spiro atoms. The van der Waals surface area contributed by atoms with Gasteiger partial charge >= 0.3 is 0 Å². The smallest absolute Gasteiger partial charge is 0.120 e. The summed E-state index contributed by atoms with van der Waals surface area (Å²) in [6.45, 7) is 2.54. The molecule has 0 radical (unpaired) electrons. The lowest BCUT2D eigenvalue weighted by Crippen LogP contribution is -2.22. The lowest BCUT2D eigenvalue weighted by molar-refractivity contribution is -0.304. The summed E-state index contributed by atoms with van der Waals surface area (Å²) in [5.41, 5.74) is 2.41. The van der Waals surface area contributed by atoms with Gasteiger partial charge in [0.15, 0.2) is 0 Å². The molecule has 1 aromatic heterocycles. The van der Waals surface area contributed by atoms with Crippen LogP contribution in [0.3, 0.4) is 0 Å². The van der Waals surface area contributed by atoms with E-state index in [9.17, 15) is 9.90 Å². The fourth-order valence-electron chi connectivity index (χ4n) is 2.38. The highest BCUT2D eigenvalue weighted by molar-refractivity contribution is 7.19. The zero-order chi connectivity index (χ0) is 16.9. The number of hydrogen-bond donors (Lipinski definition) is 0. The second-order valence-corrected chi connectivity index (χ2v) is 6.24. The number of nitrogens with zero attached hydrogens (tertiary/aromatic N) is 1. The van der Waals surface area contributed by atoms with Gasteiger partial charge in [0.2, 0.25) is 0 Å². The number of aliphatic carboxylic acids is 1. The number of fused-ring (bicyclic) bond motifs is 1. The predicted octanol–water partition coefficient (Wildman–Crippen LogP) is 3.38. The summed E-state index contributed by atoms with van der Waals surface area (Å²) < 4.78 is 6.45. The van der Waals surface area contributed by atoms with Crippen molar-refractivity contribution in [3.63, 3.8) is 0 Å². The Morgan fingerprint density at radius 3 is 2.62 bits per heavy atom. The number of thiazole rings is 1. The van der Waals surface area contributed by atoms with Crippen molar-refractivity contribution in [1.29, 1.82) is 0 Å². The van der Waals surface area contributed by atoms with Gasteiger partial charge in [-0.3, -0.25) is 0 Å². The van der Waals surface area contributed by atoms with Crippen LogP contribution in [0.4, 0.5) is 0 Å². The molecule has 2 aromatic carbocycles. The van der Waals surface area contributed by atoms with E-state index in [0.29, 0.717) is 17.2 Å². The van der Waals surface area contributed by atoms with E-state index < -0.39 is 5.97 Å². The third kappa shape index (κ3) is 3.81. The van der Waals surface area contributed by atoms with E-state index in [1.54, 1.807) is 0 Å². The number of aromatic nitrogens is 1. The molecule has 0 aliphatic rings. The molecule has 0 amide bonds. The average Bonchev–Trinajstić information content (AvgIpc) is 3.00. The van der Waals surface area contributed by atoms with Gasteiger partial charge in [0.1, 0.15) is 10.8 Å². The Balaban J connectivity index is 1.97. The normalized spacial score (nSPS) is 11.6. The fourth-order valence-corrected chi connectivity index (χ4v) is 3.36. The first kappa shape index (κ1) is 16.2. The molecule has 0 aliphatic heterocycles. The molecular formula is C19H16NO3S-. The Labute approximate surface area is 144 Å². The van der Waals surface area contributed by atoms with Crippen LogP contribution in [0.15, 0.2) is 48.5 Å². The van der Waals surface area contributed by atoms with Gasteiger partial charge in [-0.05, 0) is 48.4 Å². The van der Waals surface area contributed by atoms with Crippen LogP contribution >= 0.6 is 11.3 Å². The van der Waals surface area contributed by atoms with Crippen LogP contribution in [-0.2, 0) is 4.79 Å². The zero-order valence-electron chi connectivity index (χ0n) is 13.2. The molecule has 122 valence electrons. The Morgan fingerprint density at radius 1 is 1.21 bits per heavy atom. The Morgan fingerprint density at radius 2 is 1.96 bits per heavy atom. The van der Waals surface area contributed by atoms with Crippen LogP contribution in [0.25, 0.3) is 21.9 Å². The Kier molecular flexibility index (Phi) is 4.91. The van der Waals surface area contributed by atoms with E-state index in [2.05, 4.69) is 4.98 Å². The summed E-state index contributed by atoms with van der Waals surface area (Å²) in [6, 6.07) is 15.3. The second kappa shape index (κ2) is 7.27. The number of hydrogen-bond acceptors (Lipinski definition) is 5. The first-order valence-electron chi connectivity index (χ1n) is 7.65. The van der Waals surface area contributed by atoms with Gasteiger partial charge in [-0.2, -0.15) is 0 Å². The summed E-state index contributed by atoms with van der Waals surface area (Å²) in [5.74, 6) is -0.331. The van der Waals surface area contributed by atoms with Crippen LogP contribution in [-0.4, -0.2) is 17.6 Å². The van der Waals surface area contributed by atoms with Gasteiger partial charge in [0.25, 0.3) is 0 Å². The minimum absolute atomic E-state index is 0.174. The zero-order valence-corrected chi connectivity index (χ0v) is 14.0. The number of ether oxygens (including phenoxy) is 1. The summed E-state index contributed by atoms with van der Waals surface area (Å²) in [6.07, 6.45) is 1.66. The maximum atomic E-state index is 11.1. The van der Waals surface area contributed by atoms with Crippen LogP contribution < -0.4 is 9.84 Å². The first-order chi connectivity index (χ1) is 11.7. The van der Waals surface area contributed by atoms with Gasteiger partial charge in [0.05, 0.1) is 16.8 Å². The number of carbonyl (C=O) groups excluding carboxylic acids is 1. The Hall–Kier alpha value is -2.66. The van der Waals surface area contributed by atoms with Crippen molar-refractivity contribution in [2.24, 2.45) is 0 Å². The standard InChI is InChI=1S/C19H17NO3S/c1-2-23-15-9-7-13(8-10-15)11-14(12-18(21)22)19-20-16-5-3-4-6-17(16)24-19/h3-11H,2,12H2,1H3,(H,21,22)/p-1/b14-11+. The molecule has 0 saturated carbocycles. The highest BCUT2D eigenvalue weighted by atomic mass is 32.1. The van der Waals surface area contributed by atoms with E-state index in [1.165, 1.54) is 11.3 Å². The van der Waals surface area contributed by atoms with Gasteiger partial charge < -0.3 is 14.6 Å². The van der Waals surface area contributed by atoms with E-state index in [0.717, 1.165) is 21.5 Å². The van der Waals surface area contributed by atoms with Crippen molar-refractivity contribution in [3.8, 4) is 5.75 Å². The first-order valence-corrected chi connectivity index (χ1v) is 8.46. The number of rotatable bonds is 6. The van der Waals surface area contributed by atoms with Gasteiger partial charge in [-0.25, -0.2) is 4.98 Å². The third-order valence-electron chi connectivity index (χ3n) is 3.44. The van der Waals surface area contributed by atoms with E-state index in [1.807, 2.05) is 61.5 Å². The van der Waals surface area contributed by atoms with Gasteiger partial charge in [0, 0.05) is 12.4 Å². The molecule has 3 rings (SSSR count). The van der Waals surface area contributed by atoms with Gasteiger partial charge in [-0.1, -0.05) is 24.3 Å². The van der Waals surface area contributed by atoms with Crippen molar-refractivity contribution < 1.29 is 14.6 Å². The molecule has 4 nitrogen and oxygen atoms in total. The third-order valence-corrected chi connectivity index (χ3v) is 4.55. The topological polar surface area (TPSA) is 62.2 Å². The van der Waals surface area contributed by atoms with Crippen molar-refractivity contribution in [3.05, 3.63) is 59.1 Å². The number of carboxylic acids is 1. The van der Waals surface area contributed by atoms with Crippen LogP contribution in [0.5, 0.6) is 5.75 Å². The number of carboxylic acid groups (broad SMARTS) is 1. The summed E-state index contributed by atoms with van der Waals surface area (Å²) in [4.78, 5) is 15.7. The molecule has 0 fully saturated rings. The monoisotopic (exact) mass is 338 g/mol. The SMILES string of the molecule is CCOc1ccc(/C=C(\CC(=O)[O-])c2nc3ccccc3s2)cc1. The minimum atomic E-state index is -1.12. The lowest BCUT2D eigenvalue weighted by atomic mass is 10.1. The molecule has 3 aromatic rings. The number of benzene rings is 2. The van der Waals surface area contributed by atoms with Crippen molar-refractivity contribution in [1.82, 2.24) is 4.98 Å². The Bertz CT molecular complexity index is 848. The molecule has 0 N–H and O–H groups in total. The summed E-state index contributed by atoms with van der Waals surface area (Å²) in [5, 5.41) is 11.8. The molecular weight excluding hydrogens is 322 g/mol. The predicted molar refractivity (Wildman–Crippen MR) is 94.7 cm³/mol. The number of carbonyl (C=O) groups is 1. The minimum Gasteiger partial charge on any atom is -0.550 e. The average molecular weight is 338 g/mol. The maximum Gasteiger partial charge on any atom is 0.120 e. The summed E-state index contributed by atoms with van der Waals surface area (Å²) in [7, 11) is 0. The van der Waals surface area contributed by atoms with E-state index >= 15 is 0 Å². The maximum absolute atomic E-state index is 11.1. The molecule has 0 aliphatic carbocycles. The molecule has 0 saturated heterocycles. The van der Waals surface area contributed by atoms with E-state index in [-0.39, 0.29) is 6.42 Å². The highest BCUT2D eigenvalue weighted by Gasteiger charge is 2.09. The quantitative estimate of drug-likeness (QED) is 0.691. The van der Waals surface area contributed by atoms with Crippen LogP contribution in [0.1, 0.15) is 23.9 Å². The molecule has 5 heteroatoms. The van der Waals surface area contributed by atoms with E-state index in [4.69, 9.17) is 4.74 Å². The van der Waals surface area contributed by atoms with Gasteiger partial charge in [-0.15, -0.1) is 11.3 Å². The van der Waals surface area contributed by atoms with Crippen molar-refractivity contribution in [2.75, 3.05) is 6.61 Å². The lowest BCUT2D eigenvalue weighted by Gasteiger charge is -2.07. The van der Waals surface area contributed by atoms with Crippen LogP contribution in [0, 0.1) is 0 Å². The molecule has 24 heavy (non-hydrogen) atoms. The molecule has 0 unspecified atom stereocenters. The summed E-state index contributed by atoms with van der Waals surface area (Å²) >= 11 is 1.48. The largest absolute Gasteiger partial charge is 0.550 e. The molecule has 1 heterocycles. The van der Waals surface area contributed by atoms with Crippen LogP contribution in [0.2, 0.25) is 0 Å². The number of para-hydroxylation sites is 1. The van der Waals surface area contributed by atoms with Crippen molar-refractivity contribution >= 4 is 39.2 Å². The van der Waals surface area contributed by atoms with Crippen molar-refractivity contribution in [2.45, 2.75) is 13.3 Å². The highest BCUT2D eigenvalue weighted by Crippen LogP contribution is 2.30. The second-order valence-electron chi connectivity index (χ2n) is 5.21. The molecule has 0 bridgehead atoms.